The molecule has 0 heterocycles. The molecule has 0 aromatic heterocycles. The molecule has 2 nitrogen and oxygen atoms in total. The fourth-order valence-corrected chi connectivity index (χ4v) is 0.479. The van der Waals surface area contributed by atoms with Gasteiger partial charge in [-0.05, 0) is 20.3 Å². The lowest BCUT2D eigenvalue weighted by molar-refractivity contribution is 0.726. The van der Waals surface area contributed by atoms with E-state index in [0.29, 0.717) is 0 Å². The fraction of sp³-hybridized carbons (Fsp3) is 0.800. The molecule has 7 heavy (non-hydrogen) atoms. The molecule has 0 aliphatic rings. The molecule has 0 rings (SSSR count). The largest absolute Gasteiger partial charge is 0.328 e. The molecular weight excluding hydrogens is 88.1 g/mol. The van der Waals surface area contributed by atoms with E-state index < -0.39 is 0 Å². The van der Waals surface area contributed by atoms with Gasteiger partial charge in [0.25, 0.3) is 0 Å². The van der Waals surface area contributed by atoms with Crippen LogP contribution in [-0.2, 0) is 0 Å². The van der Waals surface area contributed by atoms with Crippen molar-refractivity contribution >= 4 is 0 Å². The minimum atomic E-state index is 0.125. The highest BCUT2D eigenvalue weighted by Gasteiger charge is 1.96. The number of hydrogen-bond donors (Lipinski definition) is 2. The van der Waals surface area contributed by atoms with Crippen LogP contribution in [0.5, 0.6) is 0 Å². The van der Waals surface area contributed by atoms with E-state index in [9.17, 15) is 0 Å². The normalized spacial score (nSPS) is 18.9. The molecule has 2 heteroatoms. The molecule has 0 saturated heterocycles. The second-order valence-electron chi connectivity index (χ2n) is 1.91. The molecule has 0 saturated carbocycles. The Labute approximate surface area is 44.9 Å². The van der Waals surface area contributed by atoms with Gasteiger partial charge >= 0.3 is 0 Å². The van der Waals surface area contributed by atoms with Crippen molar-refractivity contribution in [3.8, 4) is 0 Å². The maximum atomic E-state index is 5.36. The van der Waals surface area contributed by atoms with E-state index in [-0.39, 0.29) is 12.1 Å². The van der Waals surface area contributed by atoms with Crippen molar-refractivity contribution in [1.82, 2.24) is 0 Å². The van der Waals surface area contributed by atoms with Crippen molar-refractivity contribution in [1.29, 1.82) is 0 Å². The minimum absolute atomic E-state index is 0.125. The highest BCUT2D eigenvalue weighted by Crippen LogP contribution is 1.86. The maximum absolute atomic E-state index is 5.36. The molecular formula is C5H13N2. The van der Waals surface area contributed by atoms with E-state index in [1.807, 2.05) is 20.3 Å². The third-order valence-corrected chi connectivity index (χ3v) is 0.607. The first kappa shape index (κ1) is 6.92. The Kier molecular flexibility index (Phi) is 2.96. The molecule has 0 aromatic carbocycles. The zero-order chi connectivity index (χ0) is 5.86. The summed E-state index contributed by atoms with van der Waals surface area (Å²) in [5.41, 5.74) is 10.7. The number of nitrogens with two attached hydrogens (primary N) is 2. The van der Waals surface area contributed by atoms with Crippen LogP contribution in [-0.4, -0.2) is 12.1 Å². The van der Waals surface area contributed by atoms with Crippen molar-refractivity contribution in [3.63, 3.8) is 0 Å². The molecule has 0 fully saturated rings. The lowest BCUT2D eigenvalue weighted by Gasteiger charge is -2.05. The van der Waals surface area contributed by atoms with E-state index in [4.69, 9.17) is 11.5 Å². The number of hydrogen-bond acceptors (Lipinski definition) is 2. The van der Waals surface area contributed by atoms with Crippen LogP contribution in [0.15, 0.2) is 0 Å². The summed E-state index contributed by atoms with van der Waals surface area (Å²) < 4.78 is 0. The summed E-state index contributed by atoms with van der Waals surface area (Å²) in [7, 11) is 0. The van der Waals surface area contributed by atoms with Gasteiger partial charge < -0.3 is 11.5 Å². The predicted octanol–water partition coefficient (Wildman–Crippen LogP) is -0.115. The van der Waals surface area contributed by atoms with Crippen LogP contribution >= 0.6 is 0 Å². The summed E-state index contributed by atoms with van der Waals surface area (Å²) in [6.07, 6.45) is 1.89. The van der Waals surface area contributed by atoms with Gasteiger partial charge in [-0.25, -0.2) is 0 Å². The van der Waals surface area contributed by atoms with Gasteiger partial charge in [-0.3, -0.25) is 0 Å². The van der Waals surface area contributed by atoms with Crippen molar-refractivity contribution in [2.75, 3.05) is 0 Å². The zero-order valence-electron chi connectivity index (χ0n) is 4.89. The maximum Gasteiger partial charge on any atom is 0.00572 e. The summed E-state index contributed by atoms with van der Waals surface area (Å²) >= 11 is 0. The Morgan fingerprint density at radius 3 is 1.43 bits per heavy atom. The van der Waals surface area contributed by atoms with E-state index >= 15 is 0 Å². The highest BCUT2D eigenvalue weighted by atomic mass is 14.7. The fourth-order valence-electron chi connectivity index (χ4n) is 0.479. The van der Waals surface area contributed by atoms with Crippen LogP contribution < -0.4 is 11.5 Å². The third-order valence-electron chi connectivity index (χ3n) is 0.607. The van der Waals surface area contributed by atoms with Gasteiger partial charge in [0.2, 0.25) is 0 Å². The number of rotatable bonds is 2. The SMILES string of the molecule is CC(N)[CH]C(C)N. The molecule has 0 amide bonds. The molecule has 1 radical (unpaired) electrons. The average molecular weight is 101 g/mol. The zero-order valence-corrected chi connectivity index (χ0v) is 4.89. The smallest absolute Gasteiger partial charge is 0.00572 e. The first-order valence-corrected chi connectivity index (χ1v) is 2.49. The first-order chi connectivity index (χ1) is 3.13. The van der Waals surface area contributed by atoms with Crippen molar-refractivity contribution in [2.24, 2.45) is 11.5 Å². The van der Waals surface area contributed by atoms with Gasteiger partial charge in [-0.15, -0.1) is 0 Å². The second-order valence-corrected chi connectivity index (χ2v) is 1.91. The lowest BCUT2D eigenvalue weighted by Crippen LogP contribution is -2.27. The summed E-state index contributed by atoms with van der Waals surface area (Å²) in [6, 6.07) is 0.250. The van der Waals surface area contributed by atoms with Crippen molar-refractivity contribution in [2.45, 2.75) is 25.9 Å². The van der Waals surface area contributed by atoms with Crippen LogP contribution in [0.25, 0.3) is 0 Å². The van der Waals surface area contributed by atoms with Gasteiger partial charge in [-0.2, -0.15) is 0 Å². The van der Waals surface area contributed by atoms with Gasteiger partial charge in [0.05, 0.1) is 0 Å². The van der Waals surface area contributed by atoms with Gasteiger partial charge in [0.1, 0.15) is 0 Å². The Morgan fingerprint density at radius 1 is 1.14 bits per heavy atom. The summed E-state index contributed by atoms with van der Waals surface area (Å²) in [6.45, 7) is 3.81. The molecule has 4 N–H and O–H groups in total. The second kappa shape index (κ2) is 2.99. The molecule has 2 unspecified atom stereocenters. The quantitative estimate of drug-likeness (QED) is 0.509. The van der Waals surface area contributed by atoms with Crippen LogP contribution in [0.4, 0.5) is 0 Å². The molecule has 0 bridgehead atoms. The Hall–Kier alpha value is -0.0800. The summed E-state index contributed by atoms with van der Waals surface area (Å²) in [5, 5.41) is 0. The van der Waals surface area contributed by atoms with E-state index in [0.717, 1.165) is 0 Å². The van der Waals surface area contributed by atoms with Crippen LogP contribution in [0.2, 0.25) is 0 Å². The monoisotopic (exact) mass is 101 g/mol. The summed E-state index contributed by atoms with van der Waals surface area (Å²) in [4.78, 5) is 0. The minimum Gasteiger partial charge on any atom is -0.328 e. The van der Waals surface area contributed by atoms with Crippen molar-refractivity contribution < 1.29 is 0 Å². The third kappa shape index (κ3) is 5.92. The standard InChI is InChI=1S/C5H13N2/c1-4(6)3-5(2)7/h3-5H,6-7H2,1-2H3. The van der Waals surface area contributed by atoms with E-state index in [1.54, 1.807) is 0 Å². The lowest BCUT2D eigenvalue weighted by atomic mass is 10.1. The predicted molar refractivity (Wildman–Crippen MR) is 31.6 cm³/mol. The van der Waals surface area contributed by atoms with Crippen LogP contribution in [0.1, 0.15) is 13.8 Å². The van der Waals surface area contributed by atoms with Gasteiger partial charge in [0, 0.05) is 12.1 Å². The molecule has 43 valence electrons. The molecule has 0 aliphatic heterocycles. The molecule has 2 atom stereocenters. The first-order valence-electron chi connectivity index (χ1n) is 2.49. The molecule has 0 spiro atoms. The topological polar surface area (TPSA) is 52.0 Å². The van der Waals surface area contributed by atoms with Crippen LogP contribution in [0, 0.1) is 6.42 Å². The van der Waals surface area contributed by atoms with Crippen LogP contribution in [0.3, 0.4) is 0 Å². The van der Waals surface area contributed by atoms with Crippen molar-refractivity contribution in [3.05, 3.63) is 6.42 Å². The Balaban J connectivity index is 2.95. The van der Waals surface area contributed by atoms with E-state index in [2.05, 4.69) is 0 Å². The molecule has 0 aromatic rings. The van der Waals surface area contributed by atoms with Gasteiger partial charge in [-0.1, -0.05) is 0 Å². The van der Waals surface area contributed by atoms with Gasteiger partial charge in [0.15, 0.2) is 0 Å². The highest BCUT2D eigenvalue weighted by molar-refractivity contribution is 4.82. The average Bonchev–Trinajstić information content (AvgIpc) is 1.27. The van der Waals surface area contributed by atoms with E-state index in [1.165, 1.54) is 0 Å². The molecule has 0 aliphatic carbocycles. The Bertz CT molecular complexity index is 35.3. The summed E-state index contributed by atoms with van der Waals surface area (Å²) in [5.74, 6) is 0. The Morgan fingerprint density at radius 2 is 1.43 bits per heavy atom.